The number of carbonyl (C=O) groups is 1. The van der Waals surface area contributed by atoms with Gasteiger partial charge in [0.1, 0.15) is 5.69 Å². The maximum absolute atomic E-state index is 12.9. The van der Waals surface area contributed by atoms with Crippen LogP contribution in [0.2, 0.25) is 0 Å². The third-order valence-corrected chi connectivity index (χ3v) is 4.72. The fourth-order valence-corrected chi connectivity index (χ4v) is 3.44. The number of para-hydroxylation sites is 1. The SMILES string of the molecule is O=C(Nc1c[nH]ccc1=O)c1nn(-c2ccccc2)c2c1CCCCC2. The molecule has 132 valence electrons. The molecule has 0 saturated heterocycles. The molecule has 4 rings (SSSR count). The molecule has 0 atom stereocenters. The molecule has 0 spiro atoms. The van der Waals surface area contributed by atoms with Crippen molar-refractivity contribution in [1.29, 1.82) is 0 Å². The Labute approximate surface area is 150 Å². The summed E-state index contributed by atoms with van der Waals surface area (Å²) in [7, 11) is 0. The van der Waals surface area contributed by atoms with Gasteiger partial charge in [0, 0.05) is 29.7 Å². The van der Waals surface area contributed by atoms with E-state index in [9.17, 15) is 9.59 Å². The zero-order valence-corrected chi connectivity index (χ0v) is 14.4. The number of hydrogen-bond acceptors (Lipinski definition) is 3. The average molecular weight is 348 g/mol. The summed E-state index contributed by atoms with van der Waals surface area (Å²) >= 11 is 0. The molecular weight excluding hydrogens is 328 g/mol. The molecule has 2 aromatic heterocycles. The Morgan fingerprint density at radius 1 is 1.08 bits per heavy atom. The molecule has 0 saturated carbocycles. The summed E-state index contributed by atoms with van der Waals surface area (Å²) < 4.78 is 1.88. The number of nitrogens with one attached hydrogen (secondary N) is 2. The van der Waals surface area contributed by atoms with Crippen LogP contribution in [0.5, 0.6) is 0 Å². The van der Waals surface area contributed by atoms with Crippen LogP contribution in [0.1, 0.15) is 41.0 Å². The molecule has 6 nitrogen and oxygen atoms in total. The van der Waals surface area contributed by atoms with Gasteiger partial charge in [0.05, 0.1) is 5.69 Å². The third-order valence-electron chi connectivity index (χ3n) is 4.72. The maximum Gasteiger partial charge on any atom is 0.276 e. The van der Waals surface area contributed by atoms with Gasteiger partial charge in [-0.15, -0.1) is 0 Å². The molecule has 1 amide bonds. The third kappa shape index (κ3) is 3.06. The minimum atomic E-state index is -0.338. The van der Waals surface area contributed by atoms with E-state index in [4.69, 9.17) is 0 Å². The minimum absolute atomic E-state index is 0.231. The Kier molecular flexibility index (Phi) is 4.39. The lowest BCUT2D eigenvalue weighted by Gasteiger charge is -2.06. The van der Waals surface area contributed by atoms with E-state index in [2.05, 4.69) is 15.4 Å². The number of aromatic nitrogens is 3. The highest BCUT2D eigenvalue weighted by Gasteiger charge is 2.25. The van der Waals surface area contributed by atoms with E-state index in [1.54, 1.807) is 0 Å². The Morgan fingerprint density at radius 3 is 2.69 bits per heavy atom. The molecule has 1 aliphatic rings. The maximum atomic E-state index is 12.9. The zero-order valence-electron chi connectivity index (χ0n) is 14.4. The smallest absolute Gasteiger partial charge is 0.276 e. The summed E-state index contributed by atoms with van der Waals surface area (Å²) in [6.07, 6.45) is 8.03. The van der Waals surface area contributed by atoms with E-state index in [0.29, 0.717) is 5.69 Å². The second kappa shape index (κ2) is 7.00. The quantitative estimate of drug-likeness (QED) is 0.714. The minimum Gasteiger partial charge on any atom is -0.366 e. The number of benzene rings is 1. The van der Waals surface area contributed by atoms with E-state index < -0.39 is 0 Å². The van der Waals surface area contributed by atoms with Gasteiger partial charge < -0.3 is 10.3 Å². The van der Waals surface area contributed by atoms with Crippen molar-refractivity contribution in [3.63, 3.8) is 0 Å². The van der Waals surface area contributed by atoms with Crippen molar-refractivity contribution in [3.05, 3.63) is 76.0 Å². The van der Waals surface area contributed by atoms with Crippen LogP contribution in [0, 0.1) is 0 Å². The van der Waals surface area contributed by atoms with Crippen molar-refractivity contribution in [3.8, 4) is 5.69 Å². The topological polar surface area (TPSA) is 79.8 Å². The molecule has 6 heteroatoms. The molecule has 0 bridgehead atoms. The fourth-order valence-electron chi connectivity index (χ4n) is 3.44. The second-order valence-electron chi connectivity index (χ2n) is 6.46. The highest BCUT2D eigenvalue weighted by Crippen LogP contribution is 2.26. The number of anilines is 1. The molecule has 1 aliphatic carbocycles. The largest absolute Gasteiger partial charge is 0.366 e. The van der Waals surface area contributed by atoms with Crippen LogP contribution >= 0.6 is 0 Å². The number of H-pyrrole nitrogens is 1. The van der Waals surface area contributed by atoms with E-state index in [1.807, 2.05) is 35.0 Å². The van der Waals surface area contributed by atoms with Crippen LogP contribution in [-0.2, 0) is 12.8 Å². The molecule has 0 radical (unpaired) electrons. The van der Waals surface area contributed by atoms with Crippen molar-refractivity contribution >= 4 is 11.6 Å². The van der Waals surface area contributed by atoms with Gasteiger partial charge in [0.25, 0.3) is 5.91 Å². The molecule has 0 unspecified atom stereocenters. The van der Waals surface area contributed by atoms with Gasteiger partial charge in [-0.2, -0.15) is 5.10 Å². The number of nitrogens with zero attached hydrogens (tertiary/aromatic N) is 2. The van der Waals surface area contributed by atoms with Crippen molar-refractivity contribution in [2.45, 2.75) is 32.1 Å². The van der Waals surface area contributed by atoms with E-state index in [0.717, 1.165) is 49.0 Å². The van der Waals surface area contributed by atoms with Gasteiger partial charge in [0.15, 0.2) is 5.69 Å². The Balaban J connectivity index is 1.76. The Bertz CT molecular complexity index is 989. The number of amides is 1. The van der Waals surface area contributed by atoms with E-state index >= 15 is 0 Å². The first kappa shape index (κ1) is 16.3. The summed E-state index contributed by atoms with van der Waals surface area (Å²) in [5, 5.41) is 7.33. The first-order valence-corrected chi connectivity index (χ1v) is 8.88. The van der Waals surface area contributed by atoms with Crippen LogP contribution in [0.3, 0.4) is 0 Å². The number of aromatic amines is 1. The van der Waals surface area contributed by atoms with Crippen molar-refractivity contribution in [2.75, 3.05) is 5.32 Å². The predicted molar refractivity (Wildman–Crippen MR) is 99.8 cm³/mol. The van der Waals surface area contributed by atoms with Crippen molar-refractivity contribution < 1.29 is 4.79 Å². The van der Waals surface area contributed by atoms with Gasteiger partial charge in [-0.05, 0) is 37.8 Å². The second-order valence-corrected chi connectivity index (χ2v) is 6.46. The molecular formula is C20H20N4O2. The van der Waals surface area contributed by atoms with Crippen molar-refractivity contribution in [1.82, 2.24) is 14.8 Å². The zero-order chi connectivity index (χ0) is 17.9. The lowest BCUT2D eigenvalue weighted by Crippen LogP contribution is -2.19. The number of carbonyl (C=O) groups excluding carboxylic acids is 1. The number of fused-ring (bicyclic) bond motifs is 1. The van der Waals surface area contributed by atoms with Gasteiger partial charge >= 0.3 is 0 Å². The molecule has 3 aromatic rings. The summed E-state index contributed by atoms with van der Waals surface area (Å²) in [5.41, 5.74) is 3.45. The Morgan fingerprint density at radius 2 is 1.88 bits per heavy atom. The van der Waals surface area contributed by atoms with Crippen LogP contribution in [0.25, 0.3) is 5.69 Å². The van der Waals surface area contributed by atoms with Crippen LogP contribution in [-0.4, -0.2) is 20.7 Å². The van der Waals surface area contributed by atoms with Gasteiger partial charge in [0.2, 0.25) is 5.43 Å². The summed E-state index contributed by atoms with van der Waals surface area (Å²) in [5.74, 6) is -0.338. The molecule has 26 heavy (non-hydrogen) atoms. The van der Waals surface area contributed by atoms with Gasteiger partial charge in [-0.1, -0.05) is 24.6 Å². The highest BCUT2D eigenvalue weighted by atomic mass is 16.2. The molecule has 2 N–H and O–H groups in total. The van der Waals surface area contributed by atoms with Crippen LogP contribution in [0.15, 0.2) is 53.6 Å². The molecule has 2 heterocycles. The lowest BCUT2D eigenvalue weighted by atomic mass is 10.1. The van der Waals surface area contributed by atoms with Crippen LogP contribution < -0.4 is 10.7 Å². The fraction of sp³-hybridized carbons (Fsp3) is 0.250. The number of rotatable bonds is 3. The standard InChI is InChI=1S/C20H20N4O2/c25-18-11-12-21-13-16(18)22-20(26)19-15-9-5-2-6-10-17(15)24(23-19)14-7-3-1-4-8-14/h1,3-4,7-8,11-13H,2,5-6,9-10H2,(H,21,25)(H,22,26). The summed E-state index contributed by atoms with van der Waals surface area (Å²) in [6, 6.07) is 11.2. The van der Waals surface area contributed by atoms with E-state index in [1.165, 1.54) is 18.5 Å². The first-order valence-electron chi connectivity index (χ1n) is 8.88. The number of hydrogen-bond donors (Lipinski definition) is 2. The summed E-state index contributed by atoms with van der Waals surface area (Å²) in [4.78, 5) is 27.6. The molecule has 0 fully saturated rings. The molecule has 1 aromatic carbocycles. The monoisotopic (exact) mass is 348 g/mol. The predicted octanol–water partition coefficient (Wildman–Crippen LogP) is 3.08. The van der Waals surface area contributed by atoms with Crippen LogP contribution in [0.4, 0.5) is 5.69 Å². The normalized spacial score (nSPS) is 13.7. The van der Waals surface area contributed by atoms with Gasteiger partial charge in [-0.25, -0.2) is 4.68 Å². The number of pyridine rings is 1. The summed E-state index contributed by atoms with van der Waals surface area (Å²) in [6.45, 7) is 0. The average Bonchev–Trinajstić information content (AvgIpc) is 2.86. The highest BCUT2D eigenvalue weighted by molar-refractivity contribution is 6.04. The Hall–Kier alpha value is -3.15. The first-order chi connectivity index (χ1) is 12.7. The van der Waals surface area contributed by atoms with E-state index in [-0.39, 0.29) is 17.0 Å². The van der Waals surface area contributed by atoms with Gasteiger partial charge in [-0.3, -0.25) is 9.59 Å². The van der Waals surface area contributed by atoms with Crippen molar-refractivity contribution in [2.24, 2.45) is 0 Å². The molecule has 0 aliphatic heterocycles. The lowest BCUT2D eigenvalue weighted by molar-refractivity contribution is 0.102.